The Bertz CT molecular complexity index is 751. The molecule has 0 fully saturated rings. The van der Waals surface area contributed by atoms with E-state index in [0.717, 1.165) is 6.07 Å². The van der Waals surface area contributed by atoms with Gasteiger partial charge in [0.15, 0.2) is 11.5 Å². The van der Waals surface area contributed by atoms with Gasteiger partial charge in [0.05, 0.1) is 11.6 Å². The number of rotatable bonds is 8. The normalized spacial score (nSPS) is 12.9. The second-order valence-corrected chi connectivity index (χ2v) is 6.30. The molecular formula is C15H14F3NO4S. The first-order valence-electron chi connectivity index (χ1n) is 6.76. The quantitative estimate of drug-likeness (QED) is 0.306. The van der Waals surface area contributed by atoms with E-state index < -0.39 is 33.1 Å². The van der Waals surface area contributed by atoms with E-state index in [1.807, 2.05) is 6.07 Å². The molecule has 1 unspecified atom stereocenters. The Morgan fingerprint density at radius 2 is 2.00 bits per heavy atom. The van der Waals surface area contributed by atoms with Gasteiger partial charge in [-0.05, 0) is 25.0 Å². The second kappa shape index (κ2) is 7.97. The number of para-hydroxylation sites is 1. The van der Waals surface area contributed by atoms with E-state index in [4.69, 9.17) is 5.26 Å². The molecule has 9 heteroatoms. The van der Waals surface area contributed by atoms with E-state index in [0.29, 0.717) is 0 Å². The first-order chi connectivity index (χ1) is 11.1. The SMILES string of the molecule is C=CCC(CCC#N)C(=O)c1ccccc1OS(=O)(=O)C(F)(F)F. The van der Waals surface area contributed by atoms with Gasteiger partial charge in [0.25, 0.3) is 0 Å². The third-order valence-corrected chi connectivity index (χ3v) is 4.03. The van der Waals surface area contributed by atoms with Crippen molar-refractivity contribution in [2.24, 2.45) is 5.92 Å². The van der Waals surface area contributed by atoms with Crippen LogP contribution in [-0.4, -0.2) is 19.7 Å². The predicted molar refractivity (Wildman–Crippen MR) is 79.5 cm³/mol. The smallest absolute Gasteiger partial charge is 0.375 e. The number of allylic oxidation sites excluding steroid dienone is 1. The van der Waals surface area contributed by atoms with E-state index in [2.05, 4.69) is 10.8 Å². The zero-order chi connectivity index (χ0) is 18.4. The Morgan fingerprint density at radius 1 is 1.38 bits per heavy atom. The average Bonchev–Trinajstić information content (AvgIpc) is 2.50. The number of carbonyl (C=O) groups is 1. The summed E-state index contributed by atoms with van der Waals surface area (Å²) in [5.41, 5.74) is -5.90. The number of ketones is 1. The van der Waals surface area contributed by atoms with Gasteiger partial charge in [-0.15, -0.1) is 6.58 Å². The second-order valence-electron chi connectivity index (χ2n) is 4.76. The molecule has 0 aliphatic carbocycles. The third-order valence-electron chi connectivity index (χ3n) is 3.06. The molecule has 1 rings (SSSR count). The fourth-order valence-electron chi connectivity index (χ4n) is 1.92. The van der Waals surface area contributed by atoms with Crippen LogP contribution >= 0.6 is 0 Å². The van der Waals surface area contributed by atoms with Crippen molar-refractivity contribution in [3.05, 3.63) is 42.5 Å². The average molecular weight is 361 g/mol. The minimum atomic E-state index is -5.89. The Morgan fingerprint density at radius 3 is 2.54 bits per heavy atom. The van der Waals surface area contributed by atoms with Gasteiger partial charge in [-0.25, -0.2) is 0 Å². The van der Waals surface area contributed by atoms with Gasteiger partial charge >= 0.3 is 15.6 Å². The summed E-state index contributed by atoms with van der Waals surface area (Å²) >= 11 is 0. The van der Waals surface area contributed by atoms with Crippen LogP contribution < -0.4 is 4.18 Å². The Balaban J connectivity index is 3.19. The lowest BCUT2D eigenvalue weighted by Gasteiger charge is -2.16. The number of nitriles is 1. The monoisotopic (exact) mass is 361 g/mol. The molecular weight excluding hydrogens is 347 g/mol. The number of nitrogens with zero attached hydrogens (tertiary/aromatic N) is 1. The lowest BCUT2D eigenvalue weighted by Crippen LogP contribution is -2.29. The third kappa shape index (κ3) is 4.83. The first-order valence-corrected chi connectivity index (χ1v) is 8.16. The summed E-state index contributed by atoms with van der Waals surface area (Å²) in [5.74, 6) is -2.02. The molecule has 1 aromatic carbocycles. The summed E-state index contributed by atoms with van der Waals surface area (Å²) in [7, 11) is -5.89. The van der Waals surface area contributed by atoms with Crippen molar-refractivity contribution in [3.8, 4) is 11.8 Å². The number of benzene rings is 1. The maximum atomic E-state index is 12.5. The molecule has 0 bridgehead atoms. The van der Waals surface area contributed by atoms with Crippen molar-refractivity contribution in [2.45, 2.75) is 24.8 Å². The van der Waals surface area contributed by atoms with Crippen LogP contribution in [0.2, 0.25) is 0 Å². The van der Waals surface area contributed by atoms with Gasteiger partial charge in [-0.2, -0.15) is 26.9 Å². The Labute approximate surface area is 137 Å². The minimum absolute atomic E-state index is 0.0636. The van der Waals surface area contributed by atoms with Crippen molar-refractivity contribution in [3.63, 3.8) is 0 Å². The molecule has 0 spiro atoms. The maximum absolute atomic E-state index is 12.5. The maximum Gasteiger partial charge on any atom is 0.534 e. The molecule has 0 aliphatic heterocycles. The van der Waals surface area contributed by atoms with Crippen LogP contribution in [-0.2, 0) is 10.1 Å². The van der Waals surface area contributed by atoms with Crippen LogP contribution in [0.1, 0.15) is 29.6 Å². The molecule has 0 amide bonds. The van der Waals surface area contributed by atoms with Crippen molar-refractivity contribution in [1.82, 2.24) is 0 Å². The molecule has 0 N–H and O–H groups in total. The molecule has 5 nitrogen and oxygen atoms in total. The van der Waals surface area contributed by atoms with Gasteiger partial charge < -0.3 is 4.18 Å². The molecule has 0 saturated heterocycles. The summed E-state index contributed by atoms with van der Waals surface area (Å²) in [6, 6.07) is 6.63. The van der Waals surface area contributed by atoms with Gasteiger partial charge in [0.1, 0.15) is 0 Å². The van der Waals surface area contributed by atoms with Crippen LogP contribution in [0.25, 0.3) is 0 Å². The highest BCUT2D eigenvalue weighted by molar-refractivity contribution is 7.88. The van der Waals surface area contributed by atoms with Crippen molar-refractivity contribution < 1.29 is 30.6 Å². The summed E-state index contributed by atoms with van der Waals surface area (Å²) < 4.78 is 63.7. The first kappa shape index (κ1) is 19.7. The molecule has 0 saturated carbocycles. The lowest BCUT2D eigenvalue weighted by atomic mass is 9.90. The number of alkyl halides is 3. The molecule has 0 radical (unpaired) electrons. The number of Topliss-reactive ketones (excluding diaryl/α,β-unsaturated/α-hetero) is 1. The highest BCUT2D eigenvalue weighted by Gasteiger charge is 2.49. The van der Waals surface area contributed by atoms with E-state index in [-0.39, 0.29) is 24.8 Å². The fraction of sp³-hybridized carbons (Fsp3) is 0.333. The van der Waals surface area contributed by atoms with Crippen LogP contribution in [0.5, 0.6) is 5.75 Å². The molecule has 24 heavy (non-hydrogen) atoms. The minimum Gasteiger partial charge on any atom is -0.375 e. The summed E-state index contributed by atoms with van der Waals surface area (Å²) in [4.78, 5) is 12.5. The summed E-state index contributed by atoms with van der Waals surface area (Å²) in [6.07, 6.45) is 1.87. The highest BCUT2D eigenvalue weighted by Crippen LogP contribution is 2.31. The fourth-order valence-corrected chi connectivity index (χ4v) is 2.40. The molecule has 0 heterocycles. The van der Waals surface area contributed by atoms with Gasteiger partial charge in [-0.1, -0.05) is 18.2 Å². The molecule has 0 aliphatic rings. The van der Waals surface area contributed by atoms with Crippen molar-refractivity contribution in [2.75, 3.05) is 0 Å². The number of hydrogen-bond acceptors (Lipinski definition) is 5. The number of halogens is 3. The van der Waals surface area contributed by atoms with Gasteiger partial charge in [0.2, 0.25) is 0 Å². The number of carbonyl (C=O) groups excluding carboxylic acids is 1. The van der Waals surface area contributed by atoms with Crippen LogP contribution in [0.15, 0.2) is 36.9 Å². The zero-order valence-corrected chi connectivity index (χ0v) is 13.2. The Hall–Kier alpha value is -2.34. The topological polar surface area (TPSA) is 84.2 Å². The lowest BCUT2D eigenvalue weighted by molar-refractivity contribution is -0.0500. The zero-order valence-electron chi connectivity index (χ0n) is 12.4. The van der Waals surface area contributed by atoms with E-state index >= 15 is 0 Å². The summed E-state index contributed by atoms with van der Waals surface area (Å²) in [6.45, 7) is 3.49. The van der Waals surface area contributed by atoms with E-state index in [1.165, 1.54) is 24.3 Å². The molecule has 0 aromatic heterocycles. The highest BCUT2D eigenvalue weighted by atomic mass is 32.2. The molecule has 1 atom stereocenters. The molecule has 1 aromatic rings. The predicted octanol–water partition coefficient (Wildman–Crippen LogP) is 3.59. The summed E-state index contributed by atoms with van der Waals surface area (Å²) in [5, 5.41) is 8.62. The van der Waals surface area contributed by atoms with Crippen LogP contribution in [0.4, 0.5) is 13.2 Å². The van der Waals surface area contributed by atoms with Crippen LogP contribution in [0.3, 0.4) is 0 Å². The van der Waals surface area contributed by atoms with E-state index in [1.54, 1.807) is 0 Å². The van der Waals surface area contributed by atoms with Crippen molar-refractivity contribution >= 4 is 15.9 Å². The van der Waals surface area contributed by atoms with Gasteiger partial charge in [-0.3, -0.25) is 4.79 Å². The standard InChI is InChI=1S/C15H14F3NO4S/c1-2-6-11(7-5-10-19)14(20)12-8-3-4-9-13(12)23-24(21,22)15(16,17)18/h2-4,8-9,11H,1,5-7H2. The van der Waals surface area contributed by atoms with Gasteiger partial charge in [0, 0.05) is 12.3 Å². The van der Waals surface area contributed by atoms with E-state index in [9.17, 15) is 26.4 Å². The van der Waals surface area contributed by atoms with Crippen molar-refractivity contribution in [1.29, 1.82) is 5.26 Å². The Kier molecular flexibility index (Phi) is 6.54. The molecule has 130 valence electrons. The largest absolute Gasteiger partial charge is 0.534 e. The van der Waals surface area contributed by atoms with Crippen LogP contribution in [0, 0.1) is 17.2 Å². The number of hydrogen-bond donors (Lipinski definition) is 0.